The number of likely N-dealkylation sites (tertiary alicyclic amines) is 1. The molecular weight excluding hydrogens is 342 g/mol. The lowest BCUT2D eigenvalue weighted by Crippen LogP contribution is -2.47. The highest BCUT2D eigenvalue weighted by molar-refractivity contribution is 6.03. The van der Waals surface area contributed by atoms with Gasteiger partial charge in [0.1, 0.15) is 0 Å². The molecule has 0 radical (unpaired) electrons. The molecule has 2 atom stereocenters. The Labute approximate surface area is 162 Å². The summed E-state index contributed by atoms with van der Waals surface area (Å²) in [5.41, 5.74) is 3.81. The number of benzene rings is 2. The molecule has 0 bridgehead atoms. The first-order chi connectivity index (χ1) is 12.3. The molecule has 26 heavy (non-hydrogen) atoms. The van der Waals surface area contributed by atoms with E-state index in [1.807, 2.05) is 12.1 Å². The maximum Gasteiger partial charge on any atom is 0.157 e. The Morgan fingerprint density at radius 2 is 1.62 bits per heavy atom. The molecule has 3 heteroatoms. The van der Waals surface area contributed by atoms with Gasteiger partial charge in [-0.3, -0.25) is 9.69 Å². The molecule has 2 unspecified atom stereocenters. The van der Waals surface area contributed by atoms with E-state index in [9.17, 15) is 4.79 Å². The average Bonchev–Trinajstić information content (AvgIpc) is 3.05. The second kappa shape index (κ2) is 8.66. The number of nitrogens with zero attached hydrogens (tertiary/aromatic N) is 1. The van der Waals surface area contributed by atoms with Gasteiger partial charge in [-0.1, -0.05) is 67.1 Å². The molecule has 1 heterocycles. The highest BCUT2D eigenvalue weighted by Gasteiger charge is 2.35. The van der Waals surface area contributed by atoms with Gasteiger partial charge in [-0.2, -0.15) is 0 Å². The molecule has 2 nitrogen and oxygen atoms in total. The van der Waals surface area contributed by atoms with E-state index >= 15 is 0 Å². The Hall–Kier alpha value is -1.90. The molecule has 1 aliphatic carbocycles. The van der Waals surface area contributed by atoms with E-state index in [-0.39, 0.29) is 24.2 Å². The maximum atomic E-state index is 12.2. The van der Waals surface area contributed by atoms with Gasteiger partial charge in [-0.05, 0) is 48.6 Å². The van der Waals surface area contributed by atoms with Crippen molar-refractivity contribution in [1.29, 1.82) is 0 Å². The van der Waals surface area contributed by atoms with Crippen LogP contribution in [0.5, 0.6) is 0 Å². The van der Waals surface area contributed by atoms with E-state index < -0.39 is 0 Å². The van der Waals surface area contributed by atoms with Crippen molar-refractivity contribution in [2.45, 2.75) is 44.2 Å². The van der Waals surface area contributed by atoms with Crippen molar-refractivity contribution in [3.05, 3.63) is 77.9 Å². The van der Waals surface area contributed by atoms with Crippen LogP contribution < -0.4 is 0 Å². The standard InChI is InChI=1S/C23H25NO.ClH/c25-21-16-22(19-11-5-2-6-12-19)23(17-21)24-14-8-7-13-20(24)15-18-9-3-1-4-10-18;/h1-6,9-12,16,20,23H,7-8,13-15,17H2;1H. The summed E-state index contributed by atoms with van der Waals surface area (Å²) >= 11 is 0. The van der Waals surface area contributed by atoms with E-state index in [1.165, 1.54) is 36.0 Å². The first-order valence-corrected chi connectivity index (χ1v) is 9.41. The molecule has 2 aliphatic rings. The number of rotatable bonds is 4. The normalized spacial score (nSPS) is 23.4. The largest absolute Gasteiger partial charge is 0.295 e. The third-order valence-corrected chi connectivity index (χ3v) is 5.56. The third kappa shape index (κ3) is 4.08. The van der Waals surface area contributed by atoms with E-state index in [0.717, 1.165) is 13.0 Å². The van der Waals surface area contributed by atoms with Crippen LogP contribution >= 0.6 is 12.4 Å². The Bertz CT molecular complexity index is 756. The molecule has 0 N–H and O–H groups in total. The van der Waals surface area contributed by atoms with Crippen LogP contribution in [0, 0.1) is 0 Å². The summed E-state index contributed by atoms with van der Waals surface area (Å²) in [5.74, 6) is 0.271. The number of hydrogen-bond acceptors (Lipinski definition) is 2. The van der Waals surface area contributed by atoms with Gasteiger partial charge in [-0.25, -0.2) is 0 Å². The summed E-state index contributed by atoms with van der Waals surface area (Å²) in [6.45, 7) is 1.10. The fraction of sp³-hybridized carbons (Fsp3) is 0.348. The fourth-order valence-electron chi connectivity index (χ4n) is 4.37. The summed E-state index contributed by atoms with van der Waals surface area (Å²) in [5, 5.41) is 0. The number of carbonyl (C=O) groups is 1. The number of allylic oxidation sites excluding steroid dienone is 1. The summed E-state index contributed by atoms with van der Waals surface area (Å²) in [6.07, 6.45) is 7.34. The second-order valence-corrected chi connectivity index (χ2v) is 7.23. The van der Waals surface area contributed by atoms with Crippen molar-refractivity contribution >= 4 is 23.8 Å². The molecule has 0 saturated carbocycles. The number of halogens is 1. The summed E-state index contributed by atoms with van der Waals surface area (Å²) in [4.78, 5) is 14.9. The van der Waals surface area contributed by atoms with Gasteiger partial charge in [0.15, 0.2) is 5.78 Å². The van der Waals surface area contributed by atoms with Gasteiger partial charge in [0.05, 0.1) is 0 Å². The Morgan fingerprint density at radius 3 is 2.35 bits per heavy atom. The Kier molecular flexibility index (Phi) is 6.29. The molecule has 0 spiro atoms. The predicted molar refractivity (Wildman–Crippen MR) is 110 cm³/mol. The van der Waals surface area contributed by atoms with Crippen LogP contribution in [0.3, 0.4) is 0 Å². The van der Waals surface area contributed by atoms with Crippen LogP contribution in [0.1, 0.15) is 36.8 Å². The molecule has 2 aromatic carbocycles. The first-order valence-electron chi connectivity index (χ1n) is 9.41. The Morgan fingerprint density at radius 1 is 0.923 bits per heavy atom. The van der Waals surface area contributed by atoms with E-state index in [4.69, 9.17) is 0 Å². The van der Waals surface area contributed by atoms with Crippen LogP contribution in [-0.2, 0) is 11.2 Å². The van der Waals surface area contributed by atoms with E-state index in [1.54, 1.807) is 0 Å². The van der Waals surface area contributed by atoms with Gasteiger partial charge in [0.25, 0.3) is 0 Å². The topological polar surface area (TPSA) is 20.3 Å². The van der Waals surface area contributed by atoms with Crippen LogP contribution in [0.2, 0.25) is 0 Å². The molecule has 1 aliphatic heterocycles. The number of piperidine rings is 1. The highest BCUT2D eigenvalue weighted by Crippen LogP contribution is 2.35. The average molecular weight is 368 g/mol. The zero-order valence-corrected chi connectivity index (χ0v) is 15.8. The molecule has 1 fully saturated rings. The second-order valence-electron chi connectivity index (χ2n) is 7.23. The molecule has 2 aromatic rings. The lowest BCUT2D eigenvalue weighted by Gasteiger charge is -2.41. The fourth-order valence-corrected chi connectivity index (χ4v) is 4.37. The zero-order valence-electron chi connectivity index (χ0n) is 15.0. The number of hydrogen-bond donors (Lipinski definition) is 0. The monoisotopic (exact) mass is 367 g/mol. The predicted octanol–water partition coefficient (Wildman–Crippen LogP) is 4.93. The lowest BCUT2D eigenvalue weighted by atomic mass is 9.91. The van der Waals surface area contributed by atoms with Crippen molar-refractivity contribution in [2.24, 2.45) is 0 Å². The summed E-state index contributed by atoms with van der Waals surface area (Å²) in [7, 11) is 0. The SMILES string of the molecule is Cl.O=C1C=C(c2ccccc2)C(N2CCCCC2Cc2ccccc2)C1. The molecule has 136 valence electrons. The zero-order chi connectivity index (χ0) is 17.1. The van der Waals surface area contributed by atoms with Crippen molar-refractivity contribution in [2.75, 3.05) is 6.54 Å². The van der Waals surface area contributed by atoms with Crippen molar-refractivity contribution in [1.82, 2.24) is 4.90 Å². The minimum atomic E-state index is 0. The smallest absolute Gasteiger partial charge is 0.157 e. The minimum absolute atomic E-state index is 0. The van der Waals surface area contributed by atoms with Gasteiger partial charge in [-0.15, -0.1) is 12.4 Å². The van der Waals surface area contributed by atoms with Gasteiger partial charge >= 0.3 is 0 Å². The lowest BCUT2D eigenvalue weighted by molar-refractivity contribution is -0.114. The molecular formula is C23H26ClNO. The van der Waals surface area contributed by atoms with Gasteiger partial charge in [0, 0.05) is 18.5 Å². The van der Waals surface area contributed by atoms with Crippen LogP contribution in [0.25, 0.3) is 5.57 Å². The minimum Gasteiger partial charge on any atom is -0.295 e. The maximum absolute atomic E-state index is 12.2. The van der Waals surface area contributed by atoms with Crippen LogP contribution in [0.4, 0.5) is 0 Å². The molecule has 4 rings (SSSR count). The molecule has 0 amide bonds. The first kappa shape index (κ1) is 18.9. The molecule has 1 saturated heterocycles. The third-order valence-electron chi connectivity index (χ3n) is 5.56. The van der Waals surface area contributed by atoms with Crippen LogP contribution in [0.15, 0.2) is 66.7 Å². The van der Waals surface area contributed by atoms with E-state index in [0.29, 0.717) is 12.5 Å². The summed E-state index contributed by atoms with van der Waals surface area (Å²) in [6, 6.07) is 22.0. The van der Waals surface area contributed by atoms with Crippen LogP contribution in [-0.4, -0.2) is 29.3 Å². The van der Waals surface area contributed by atoms with Gasteiger partial charge in [0.2, 0.25) is 0 Å². The number of carbonyl (C=O) groups excluding carboxylic acids is 1. The summed E-state index contributed by atoms with van der Waals surface area (Å²) < 4.78 is 0. The van der Waals surface area contributed by atoms with Crippen molar-refractivity contribution in [3.8, 4) is 0 Å². The van der Waals surface area contributed by atoms with Gasteiger partial charge < -0.3 is 0 Å². The Balaban J connectivity index is 0.00000196. The highest BCUT2D eigenvalue weighted by atomic mass is 35.5. The van der Waals surface area contributed by atoms with Crippen molar-refractivity contribution in [3.63, 3.8) is 0 Å². The quantitative estimate of drug-likeness (QED) is 0.763. The molecule has 0 aromatic heterocycles. The van der Waals surface area contributed by atoms with Crippen molar-refractivity contribution < 1.29 is 4.79 Å². The number of ketones is 1. The van der Waals surface area contributed by atoms with E-state index in [2.05, 4.69) is 59.5 Å².